The van der Waals surface area contributed by atoms with Crippen LogP contribution in [0.15, 0.2) is 23.3 Å². The van der Waals surface area contributed by atoms with Crippen LogP contribution in [0.5, 0.6) is 0 Å². The first kappa shape index (κ1) is 24.3. The average Bonchev–Trinajstić information content (AvgIpc) is 3.28. The van der Waals surface area contributed by atoms with E-state index < -0.39 is 18.6 Å². The van der Waals surface area contributed by atoms with Gasteiger partial charge in [0.05, 0.1) is 12.2 Å². The van der Waals surface area contributed by atoms with Crippen molar-refractivity contribution >= 4 is 0 Å². The molecule has 2 N–H and O–H groups in total. The van der Waals surface area contributed by atoms with Gasteiger partial charge < -0.3 is 15.1 Å². The van der Waals surface area contributed by atoms with E-state index >= 15 is 0 Å². The van der Waals surface area contributed by atoms with Gasteiger partial charge in [0, 0.05) is 19.5 Å². The van der Waals surface area contributed by atoms with Gasteiger partial charge in [-0.2, -0.15) is 0 Å². The Balaban J connectivity index is 1.39. The predicted molar refractivity (Wildman–Crippen MR) is 125 cm³/mol. The van der Waals surface area contributed by atoms with Crippen molar-refractivity contribution in [3.63, 3.8) is 0 Å². The molecule has 0 aromatic carbocycles. The molecular formula is C27H43F2NO2. The molecule has 3 nitrogen and oxygen atoms in total. The van der Waals surface area contributed by atoms with Crippen molar-refractivity contribution in [3.8, 4) is 0 Å². The molecular weight excluding hydrogens is 408 g/mol. The number of fused-ring (bicyclic) bond motifs is 1. The molecule has 1 unspecified atom stereocenters. The Kier molecular flexibility index (Phi) is 7.78. The fourth-order valence-electron chi connectivity index (χ4n) is 7.80. The summed E-state index contributed by atoms with van der Waals surface area (Å²) >= 11 is 0. The summed E-state index contributed by atoms with van der Waals surface area (Å²) < 4.78 is 25.5. The second-order valence-corrected chi connectivity index (χ2v) is 11.6. The fraction of sp³-hybridized carbons (Fsp3) is 0.852. The summed E-state index contributed by atoms with van der Waals surface area (Å²) in [5, 5.41) is 20.0. The molecule has 1 saturated heterocycles. The Morgan fingerprint density at radius 3 is 2.59 bits per heavy atom. The molecule has 0 aromatic rings. The number of likely N-dealkylation sites (tertiary alicyclic amines) is 1. The van der Waals surface area contributed by atoms with Crippen molar-refractivity contribution in [1.29, 1.82) is 0 Å². The zero-order valence-electron chi connectivity index (χ0n) is 20.0. The smallest absolute Gasteiger partial charge is 0.238 e. The zero-order chi connectivity index (χ0) is 22.9. The summed E-state index contributed by atoms with van der Waals surface area (Å²) in [7, 11) is 0. The standard InChI is InChI=1S/C27H43F2NO2/c1-18(16-30-11-9-20(17-30)14-26(28)29)24-7-8-25-21(4-3-10-27(24,25)2)6-5-19-12-22(31)15-23(32)13-19/h5-6,18,20,22-26,31-32H,3-4,7-17H2,1-2H3/b21-6+/t18?,20-,22-,23-,24-,25+,27-/m1/s1. The molecule has 5 heteroatoms. The Morgan fingerprint density at radius 1 is 1.12 bits per heavy atom. The molecule has 1 heterocycles. The summed E-state index contributed by atoms with van der Waals surface area (Å²) in [5.41, 5.74) is 3.07. The van der Waals surface area contributed by atoms with Gasteiger partial charge in [0.15, 0.2) is 0 Å². The van der Waals surface area contributed by atoms with E-state index in [1.807, 2.05) is 0 Å². The summed E-state index contributed by atoms with van der Waals surface area (Å²) in [5.74, 6) is 2.08. The first-order chi connectivity index (χ1) is 15.2. The van der Waals surface area contributed by atoms with Crippen LogP contribution in [-0.4, -0.2) is 53.4 Å². The van der Waals surface area contributed by atoms with Crippen molar-refractivity contribution < 1.29 is 19.0 Å². The summed E-state index contributed by atoms with van der Waals surface area (Å²) in [6.07, 6.45) is 10.6. The van der Waals surface area contributed by atoms with Crippen molar-refractivity contribution in [2.45, 2.75) is 96.7 Å². The maximum Gasteiger partial charge on any atom is 0.238 e. The molecule has 0 aromatic heterocycles. The third-order valence-electron chi connectivity index (χ3n) is 9.23. The lowest BCUT2D eigenvalue weighted by atomic mass is 9.61. The van der Waals surface area contributed by atoms with Crippen LogP contribution in [0.3, 0.4) is 0 Å². The minimum Gasteiger partial charge on any atom is -0.393 e. The Bertz CT molecular complexity index is 696. The number of aliphatic hydroxyl groups excluding tert-OH is 2. The maximum absolute atomic E-state index is 12.8. The number of aliphatic hydroxyl groups is 2. The van der Waals surface area contributed by atoms with Gasteiger partial charge >= 0.3 is 0 Å². The van der Waals surface area contributed by atoms with Crippen LogP contribution in [0.2, 0.25) is 0 Å². The van der Waals surface area contributed by atoms with Crippen LogP contribution in [-0.2, 0) is 0 Å². The van der Waals surface area contributed by atoms with Crippen LogP contribution in [0, 0.1) is 29.1 Å². The number of allylic oxidation sites excluding steroid dienone is 3. The highest BCUT2D eigenvalue weighted by atomic mass is 19.3. The minimum absolute atomic E-state index is 0.0613. The number of alkyl halides is 2. The normalized spacial score (nSPS) is 40.8. The third-order valence-corrected chi connectivity index (χ3v) is 9.23. The molecule has 32 heavy (non-hydrogen) atoms. The minimum atomic E-state index is -2.17. The molecule has 0 spiro atoms. The van der Waals surface area contributed by atoms with E-state index in [1.165, 1.54) is 31.3 Å². The van der Waals surface area contributed by atoms with E-state index in [4.69, 9.17) is 0 Å². The lowest BCUT2D eigenvalue weighted by Crippen LogP contribution is -2.39. The van der Waals surface area contributed by atoms with E-state index in [9.17, 15) is 19.0 Å². The molecule has 4 aliphatic rings. The molecule has 4 fully saturated rings. The van der Waals surface area contributed by atoms with Crippen LogP contribution < -0.4 is 0 Å². The molecule has 7 atom stereocenters. The molecule has 0 amide bonds. The van der Waals surface area contributed by atoms with Gasteiger partial charge in [-0.05, 0) is 93.4 Å². The number of hydrogen-bond donors (Lipinski definition) is 2. The molecule has 0 radical (unpaired) electrons. The van der Waals surface area contributed by atoms with Gasteiger partial charge in [0.25, 0.3) is 0 Å². The lowest BCUT2D eigenvalue weighted by Gasteiger charge is -2.45. The number of rotatable bonds is 6. The van der Waals surface area contributed by atoms with E-state index in [1.54, 1.807) is 5.57 Å². The number of halogens is 2. The Morgan fingerprint density at radius 2 is 1.88 bits per heavy atom. The molecule has 0 bridgehead atoms. The fourth-order valence-corrected chi connectivity index (χ4v) is 7.80. The van der Waals surface area contributed by atoms with E-state index in [0.29, 0.717) is 42.4 Å². The first-order valence-electron chi connectivity index (χ1n) is 13.0. The van der Waals surface area contributed by atoms with E-state index in [2.05, 4.69) is 30.9 Å². The molecule has 182 valence electrons. The largest absolute Gasteiger partial charge is 0.393 e. The monoisotopic (exact) mass is 451 g/mol. The lowest BCUT2D eigenvalue weighted by molar-refractivity contribution is 0.0609. The van der Waals surface area contributed by atoms with Crippen molar-refractivity contribution in [2.24, 2.45) is 29.1 Å². The van der Waals surface area contributed by atoms with Crippen LogP contribution in [0.1, 0.15) is 78.1 Å². The van der Waals surface area contributed by atoms with E-state index in [0.717, 1.165) is 32.5 Å². The highest BCUT2D eigenvalue weighted by Gasteiger charge is 2.50. The highest BCUT2D eigenvalue weighted by Crippen LogP contribution is 2.59. The van der Waals surface area contributed by atoms with Crippen molar-refractivity contribution in [2.75, 3.05) is 19.6 Å². The zero-order valence-corrected chi connectivity index (χ0v) is 20.0. The SMILES string of the molecule is CC(CN1CC[C@H](CC(F)F)C1)[C@H]1CC[C@H]2/C(=C/C=C3C[C@@H](O)C[C@H](O)C3)CCC[C@]12C. The maximum atomic E-state index is 12.8. The van der Waals surface area contributed by atoms with Crippen molar-refractivity contribution in [1.82, 2.24) is 4.90 Å². The molecule has 3 aliphatic carbocycles. The number of nitrogens with zero attached hydrogens (tertiary/aromatic N) is 1. The summed E-state index contributed by atoms with van der Waals surface area (Å²) in [6.45, 7) is 7.77. The quantitative estimate of drug-likeness (QED) is 0.554. The van der Waals surface area contributed by atoms with Gasteiger partial charge in [-0.3, -0.25) is 0 Å². The second-order valence-electron chi connectivity index (χ2n) is 11.6. The van der Waals surface area contributed by atoms with Crippen LogP contribution >= 0.6 is 0 Å². The summed E-state index contributed by atoms with van der Waals surface area (Å²) in [4.78, 5) is 2.44. The van der Waals surface area contributed by atoms with Gasteiger partial charge in [-0.25, -0.2) is 8.78 Å². The van der Waals surface area contributed by atoms with Gasteiger partial charge in [-0.15, -0.1) is 0 Å². The predicted octanol–water partition coefficient (Wildman–Crippen LogP) is 5.57. The van der Waals surface area contributed by atoms with Gasteiger partial charge in [-0.1, -0.05) is 37.1 Å². The Hall–Kier alpha value is -0.780. The van der Waals surface area contributed by atoms with E-state index in [-0.39, 0.29) is 12.3 Å². The second kappa shape index (κ2) is 10.2. The van der Waals surface area contributed by atoms with Crippen LogP contribution in [0.25, 0.3) is 0 Å². The Labute approximate surface area is 193 Å². The van der Waals surface area contributed by atoms with Crippen LogP contribution in [0.4, 0.5) is 8.78 Å². The van der Waals surface area contributed by atoms with Gasteiger partial charge in [0.1, 0.15) is 0 Å². The summed E-state index contributed by atoms with van der Waals surface area (Å²) in [6, 6.07) is 0. The van der Waals surface area contributed by atoms with Gasteiger partial charge in [0.2, 0.25) is 6.43 Å². The molecule has 4 rings (SSSR count). The van der Waals surface area contributed by atoms with Crippen molar-refractivity contribution in [3.05, 3.63) is 23.3 Å². The average molecular weight is 452 g/mol. The molecule has 1 aliphatic heterocycles. The topological polar surface area (TPSA) is 43.7 Å². The number of hydrogen-bond acceptors (Lipinski definition) is 3. The third kappa shape index (κ3) is 5.47. The first-order valence-corrected chi connectivity index (χ1v) is 13.0. The highest BCUT2D eigenvalue weighted by molar-refractivity contribution is 5.26. The molecule has 3 saturated carbocycles.